The summed E-state index contributed by atoms with van der Waals surface area (Å²) in [5.74, 6) is -0.494. The summed E-state index contributed by atoms with van der Waals surface area (Å²) in [4.78, 5) is 12.8. The number of sulfonamides is 1. The van der Waals surface area contributed by atoms with Gasteiger partial charge in [-0.1, -0.05) is 0 Å². The zero-order valence-electron chi connectivity index (χ0n) is 17.5. The van der Waals surface area contributed by atoms with E-state index in [1.165, 1.54) is 24.3 Å². The van der Waals surface area contributed by atoms with Gasteiger partial charge in [0.2, 0.25) is 5.91 Å². The molecule has 6 nitrogen and oxygen atoms in total. The summed E-state index contributed by atoms with van der Waals surface area (Å²) in [6.07, 6.45) is 0. The van der Waals surface area contributed by atoms with Crippen LogP contribution in [0.1, 0.15) is 12.5 Å². The number of benzene rings is 3. The van der Waals surface area contributed by atoms with Crippen LogP contribution in [0.4, 0.5) is 15.8 Å². The van der Waals surface area contributed by atoms with E-state index in [4.69, 9.17) is 4.74 Å². The molecule has 0 radical (unpaired) electrons. The Morgan fingerprint density at radius 3 is 2.31 bits per heavy atom. The fourth-order valence-corrected chi connectivity index (χ4v) is 5.08. The molecule has 3 rings (SSSR count). The number of ether oxygens (including phenoxy) is 1. The van der Waals surface area contributed by atoms with Crippen LogP contribution in [0.15, 0.2) is 71.6 Å². The van der Waals surface area contributed by atoms with Crippen LogP contribution in [0.3, 0.4) is 0 Å². The minimum atomic E-state index is -4.11. The number of carbonyl (C=O) groups excluding carboxylic acids is 1. The maximum Gasteiger partial charge on any atom is 0.264 e. The number of rotatable bonds is 8. The van der Waals surface area contributed by atoms with E-state index in [0.29, 0.717) is 18.0 Å². The summed E-state index contributed by atoms with van der Waals surface area (Å²) >= 11 is 2.17. The standard InChI is InChI=1S/C23H22FIN2O4S/c1-3-31-20-9-11-21(12-10-20)32(29,30)27(19-7-4-17(24)5-8-19)15-23(28)26-22-13-6-18(25)14-16(22)2/h4-14H,3,15H2,1-2H3,(H,26,28). The molecule has 0 saturated heterocycles. The number of nitrogens with zero attached hydrogens (tertiary/aromatic N) is 1. The summed E-state index contributed by atoms with van der Waals surface area (Å²) in [6, 6.07) is 16.4. The molecule has 0 aromatic heterocycles. The third kappa shape index (κ3) is 5.77. The van der Waals surface area contributed by atoms with E-state index in [1.54, 1.807) is 18.2 Å². The molecular weight excluding hydrogens is 546 g/mol. The Labute approximate surface area is 200 Å². The minimum Gasteiger partial charge on any atom is -0.494 e. The van der Waals surface area contributed by atoms with Crippen LogP contribution in [-0.2, 0) is 14.8 Å². The van der Waals surface area contributed by atoms with Crippen molar-refractivity contribution >= 4 is 49.9 Å². The summed E-state index contributed by atoms with van der Waals surface area (Å²) in [5.41, 5.74) is 1.62. The van der Waals surface area contributed by atoms with Crippen molar-refractivity contribution in [1.29, 1.82) is 0 Å². The molecule has 168 valence electrons. The van der Waals surface area contributed by atoms with Crippen LogP contribution in [0.2, 0.25) is 0 Å². The third-order valence-electron chi connectivity index (χ3n) is 4.59. The van der Waals surface area contributed by atoms with E-state index in [-0.39, 0.29) is 10.6 Å². The van der Waals surface area contributed by atoms with Gasteiger partial charge in [-0.2, -0.15) is 0 Å². The van der Waals surface area contributed by atoms with Gasteiger partial charge < -0.3 is 10.1 Å². The highest BCUT2D eigenvalue weighted by molar-refractivity contribution is 14.1. The molecule has 0 atom stereocenters. The molecule has 0 bridgehead atoms. The van der Waals surface area contributed by atoms with Crippen LogP contribution in [0, 0.1) is 16.3 Å². The maximum atomic E-state index is 13.5. The van der Waals surface area contributed by atoms with Crippen molar-refractivity contribution < 1.29 is 22.3 Å². The summed E-state index contributed by atoms with van der Waals surface area (Å²) < 4.78 is 47.6. The van der Waals surface area contributed by atoms with E-state index in [0.717, 1.165) is 25.6 Å². The smallest absolute Gasteiger partial charge is 0.264 e. The molecule has 9 heteroatoms. The quantitative estimate of drug-likeness (QED) is 0.390. The van der Waals surface area contributed by atoms with E-state index in [1.807, 2.05) is 26.0 Å². The summed E-state index contributed by atoms with van der Waals surface area (Å²) in [7, 11) is -4.11. The van der Waals surface area contributed by atoms with E-state index < -0.39 is 28.3 Å². The molecule has 32 heavy (non-hydrogen) atoms. The first-order valence-electron chi connectivity index (χ1n) is 9.78. The Hall–Kier alpha value is -2.66. The fraction of sp³-hybridized carbons (Fsp3) is 0.174. The Balaban J connectivity index is 1.92. The van der Waals surface area contributed by atoms with Gasteiger partial charge in [0.05, 0.1) is 17.2 Å². The number of hydrogen-bond donors (Lipinski definition) is 1. The second-order valence-electron chi connectivity index (χ2n) is 6.90. The first kappa shape index (κ1) is 24.0. The number of halogens is 2. The fourth-order valence-electron chi connectivity index (χ4n) is 3.01. The molecule has 0 unspecified atom stereocenters. The molecule has 0 heterocycles. The zero-order chi connectivity index (χ0) is 23.3. The lowest BCUT2D eigenvalue weighted by atomic mass is 10.2. The van der Waals surface area contributed by atoms with Crippen molar-refractivity contribution in [3.05, 3.63) is 81.7 Å². The molecule has 1 amide bonds. The van der Waals surface area contributed by atoms with Crippen LogP contribution in [0.25, 0.3) is 0 Å². The van der Waals surface area contributed by atoms with Crippen molar-refractivity contribution in [2.45, 2.75) is 18.7 Å². The SMILES string of the molecule is CCOc1ccc(S(=O)(=O)N(CC(=O)Nc2ccc(I)cc2C)c2ccc(F)cc2)cc1. The molecule has 3 aromatic rings. The van der Waals surface area contributed by atoms with E-state index in [9.17, 15) is 17.6 Å². The highest BCUT2D eigenvalue weighted by atomic mass is 127. The first-order chi connectivity index (χ1) is 15.2. The topological polar surface area (TPSA) is 75.7 Å². The van der Waals surface area contributed by atoms with Gasteiger partial charge in [0.25, 0.3) is 10.0 Å². The third-order valence-corrected chi connectivity index (χ3v) is 7.05. The summed E-state index contributed by atoms with van der Waals surface area (Å²) in [6.45, 7) is 3.65. The predicted molar refractivity (Wildman–Crippen MR) is 131 cm³/mol. The lowest BCUT2D eigenvalue weighted by Gasteiger charge is -2.24. The average molecular weight is 568 g/mol. The van der Waals surface area contributed by atoms with Gasteiger partial charge in [-0.05, 0) is 109 Å². The van der Waals surface area contributed by atoms with E-state index in [2.05, 4.69) is 27.9 Å². The largest absolute Gasteiger partial charge is 0.494 e. The minimum absolute atomic E-state index is 0.0106. The average Bonchev–Trinajstić information content (AvgIpc) is 2.75. The monoisotopic (exact) mass is 568 g/mol. The van der Waals surface area contributed by atoms with Gasteiger partial charge in [0, 0.05) is 9.26 Å². The van der Waals surface area contributed by atoms with E-state index >= 15 is 0 Å². The van der Waals surface area contributed by atoms with Crippen molar-refractivity contribution in [2.24, 2.45) is 0 Å². The van der Waals surface area contributed by atoms with Crippen molar-refractivity contribution in [3.63, 3.8) is 0 Å². The number of anilines is 2. The molecule has 0 aliphatic rings. The first-order valence-corrected chi connectivity index (χ1v) is 12.3. The van der Waals surface area contributed by atoms with Gasteiger partial charge >= 0.3 is 0 Å². The van der Waals surface area contributed by atoms with Crippen molar-refractivity contribution in [1.82, 2.24) is 0 Å². The van der Waals surface area contributed by atoms with Crippen molar-refractivity contribution in [3.8, 4) is 5.75 Å². The molecule has 0 aliphatic carbocycles. The normalized spacial score (nSPS) is 11.1. The highest BCUT2D eigenvalue weighted by Gasteiger charge is 2.27. The zero-order valence-corrected chi connectivity index (χ0v) is 20.5. The molecule has 0 spiro atoms. The molecule has 0 saturated carbocycles. The molecule has 3 aromatic carbocycles. The Kier molecular flexibility index (Phi) is 7.73. The van der Waals surface area contributed by atoms with Crippen LogP contribution in [-0.4, -0.2) is 27.5 Å². The van der Waals surface area contributed by atoms with Gasteiger partial charge in [0.1, 0.15) is 18.1 Å². The number of hydrogen-bond acceptors (Lipinski definition) is 4. The highest BCUT2D eigenvalue weighted by Crippen LogP contribution is 2.26. The Morgan fingerprint density at radius 1 is 1.06 bits per heavy atom. The number of aryl methyl sites for hydroxylation is 1. The second-order valence-corrected chi connectivity index (χ2v) is 10.0. The molecule has 0 fully saturated rings. The summed E-state index contributed by atoms with van der Waals surface area (Å²) in [5, 5.41) is 2.76. The number of nitrogens with one attached hydrogen (secondary N) is 1. The Bertz CT molecular complexity index is 1200. The van der Waals surface area contributed by atoms with Crippen LogP contribution < -0.4 is 14.4 Å². The van der Waals surface area contributed by atoms with Gasteiger partial charge in [-0.3, -0.25) is 9.10 Å². The van der Waals surface area contributed by atoms with Gasteiger partial charge in [-0.25, -0.2) is 12.8 Å². The number of amides is 1. The molecule has 1 N–H and O–H groups in total. The predicted octanol–water partition coefficient (Wildman–Crippen LogP) is 4.97. The lowest BCUT2D eigenvalue weighted by Crippen LogP contribution is -2.38. The molecular formula is C23H22FIN2O4S. The van der Waals surface area contributed by atoms with Gasteiger partial charge in [0.15, 0.2) is 0 Å². The molecule has 0 aliphatic heterocycles. The second kappa shape index (κ2) is 10.3. The maximum absolute atomic E-state index is 13.5. The van der Waals surface area contributed by atoms with Gasteiger partial charge in [-0.15, -0.1) is 0 Å². The Morgan fingerprint density at radius 2 is 1.72 bits per heavy atom. The van der Waals surface area contributed by atoms with Crippen LogP contribution >= 0.6 is 22.6 Å². The van der Waals surface area contributed by atoms with Crippen molar-refractivity contribution in [2.75, 3.05) is 22.8 Å². The van der Waals surface area contributed by atoms with Crippen LogP contribution in [0.5, 0.6) is 5.75 Å². The lowest BCUT2D eigenvalue weighted by molar-refractivity contribution is -0.114. The number of carbonyl (C=O) groups is 1.